The average Bonchev–Trinajstić information content (AvgIpc) is 2.70. The summed E-state index contributed by atoms with van der Waals surface area (Å²) in [6.07, 6.45) is 1.96. The summed E-state index contributed by atoms with van der Waals surface area (Å²) in [6.45, 7) is 6.29. The number of benzene rings is 2. The number of urea groups is 1. The van der Waals surface area contributed by atoms with Gasteiger partial charge in [0, 0.05) is 18.2 Å². The van der Waals surface area contributed by atoms with Crippen LogP contribution in [0.3, 0.4) is 0 Å². The molecule has 0 aliphatic carbocycles. The number of carbonyl (C=O) groups is 1. The zero-order valence-corrected chi connectivity index (χ0v) is 18.4. The van der Waals surface area contributed by atoms with Crippen LogP contribution in [-0.4, -0.2) is 56.3 Å². The minimum Gasteiger partial charge on any atom is -0.353 e. The minimum atomic E-state index is -0.299. The highest BCUT2D eigenvalue weighted by molar-refractivity contribution is 6.03. The lowest BCUT2D eigenvalue weighted by atomic mass is 9.98. The quantitative estimate of drug-likeness (QED) is 0.529. The van der Waals surface area contributed by atoms with Crippen LogP contribution in [0.5, 0.6) is 0 Å². The minimum absolute atomic E-state index is 0.00298. The zero-order chi connectivity index (χ0) is 21.5. The lowest BCUT2D eigenvalue weighted by Crippen LogP contribution is -2.55. The topological polar surface area (TPSA) is 80.8 Å². The molecule has 0 aromatic heterocycles. The molecule has 0 fully saturated rings. The summed E-state index contributed by atoms with van der Waals surface area (Å²) < 4.78 is 0. The fourth-order valence-corrected chi connectivity index (χ4v) is 3.56. The summed E-state index contributed by atoms with van der Waals surface area (Å²) in [5.74, 6) is 0.954. The molecule has 3 rings (SSSR count). The molecule has 0 radical (unpaired) electrons. The normalized spacial score (nSPS) is 18.9. The second-order valence-corrected chi connectivity index (χ2v) is 8.48. The summed E-state index contributed by atoms with van der Waals surface area (Å²) in [4.78, 5) is 19.4. The van der Waals surface area contributed by atoms with Crippen LogP contribution in [0, 0.1) is 5.92 Å². The first-order chi connectivity index (χ1) is 14.4. The number of aliphatic imine (C=N–C) groups is 1. The van der Waals surface area contributed by atoms with Crippen molar-refractivity contribution in [3.8, 4) is 0 Å². The second-order valence-electron chi connectivity index (χ2n) is 8.48. The molecule has 0 spiro atoms. The van der Waals surface area contributed by atoms with Gasteiger partial charge in [-0.3, -0.25) is 10.6 Å². The largest absolute Gasteiger partial charge is 0.353 e. The Hall–Kier alpha value is -2.64. The average molecular weight is 411 g/mol. The van der Waals surface area contributed by atoms with Gasteiger partial charge < -0.3 is 15.5 Å². The van der Waals surface area contributed by atoms with Crippen LogP contribution in [0.1, 0.15) is 26.7 Å². The number of nitrogens with zero attached hydrogens (tertiary/aromatic N) is 2. The predicted octanol–water partition coefficient (Wildman–Crippen LogP) is 3.20. The molecule has 162 valence electrons. The number of guanidine groups is 1. The van der Waals surface area contributed by atoms with E-state index in [1.807, 2.05) is 36.4 Å². The first kappa shape index (κ1) is 22.1. The molecule has 2 atom stereocenters. The van der Waals surface area contributed by atoms with E-state index in [2.05, 4.69) is 65.2 Å². The van der Waals surface area contributed by atoms with Gasteiger partial charge in [-0.05, 0) is 62.4 Å². The number of amides is 2. The Kier molecular flexibility index (Phi) is 7.65. The van der Waals surface area contributed by atoms with E-state index in [-0.39, 0.29) is 18.2 Å². The highest BCUT2D eigenvalue weighted by atomic mass is 16.2. The maximum absolute atomic E-state index is 12.6. The summed E-state index contributed by atoms with van der Waals surface area (Å²) in [6, 6.07) is 13.9. The van der Waals surface area contributed by atoms with Crippen LogP contribution < -0.4 is 21.3 Å². The highest BCUT2D eigenvalue weighted by Crippen LogP contribution is 2.19. The Morgan fingerprint density at radius 1 is 1.17 bits per heavy atom. The summed E-state index contributed by atoms with van der Waals surface area (Å²) >= 11 is 0. The van der Waals surface area contributed by atoms with Gasteiger partial charge in [0.15, 0.2) is 0 Å². The van der Waals surface area contributed by atoms with Crippen molar-refractivity contribution in [2.24, 2.45) is 10.9 Å². The van der Waals surface area contributed by atoms with E-state index in [1.165, 1.54) is 0 Å². The van der Waals surface area contributed by atoms with Gasteiger partial charge in [-0.2, -0.15) is 0 Å². The molecule has 0 bridgehead atoms. The number of anilines is 1. The number of carbonyl (C=O) groups excluding carboxylic acids is 1. The molecule has 7 nitrogen and oxygen atoms in total. The van der Waals surface area contributed by atoms with Gasteiger partial charge in [-0.15, -0.1) is 0 Å². The fourth-order valence-electron chi connectivity index (χ4n) is 3.56. The first-order valence-electron chi connectivity index (χ1n) is 10.7. The molecule has 1 heterocycles. The smallest absolute Gasteiger partial charge is 0.325 e. The lowest BCUT2D eigenvalue weighted by molar-refractivity contribution is 0.255. The molecular formula is C23H34N6O. The third-order valence-corrected chi connectivity index (χ3v) is 5.29. The Morgan fingerprint density at radius 2 is 1.93 bits per heavy atom. The van der Waals surface area contributed by atoms with E-state index < -0.39 is 0 Å². The number of fused-ring (bicyclic) bond motifs is 1. The molecule has 7 heteroatoms. The first-order valence-corrected chi connectivity index (χ1v) is 10.7. The van der Waals surface area contributed by atoms with Crippen molar-refractivity contribution in [2.75, 3.05) is 32.5 Å². The van der Waals surface area contributed by atoms with Crippen molar-refractivity contribution in [1.82, 2.24) is 20.9 Å². The van der Waals surface area contributed by atoms with Gasteiger partial charge in [-0.25, -0.2) is 9.79 Å². The fraction of sp³-hybridized carbons (Fsp3) is 0.478. The van der Waals surface area contributed by atoms with E-state index in [0.717, 1.165) is 42.4 Å². The van der Waals surface area contributed by atoms with Gasteiger partial charge in [0.05, 0.1) is 0 Å². The standard InChI is InChI=1S/C23H34N6O/c1-16(2)20-15-21(24-12-7-13-29(3)4)27-22(26-20)28-23(30)25-19-11-10-17-8-5-6-9-18(17)14-19/h5-6,8-11,14,16,20-21,24H,7,12-13,15H2,1-4H3,(H3,25,26,27,28,30). The van der Waals surface area contributed by atoms with E-state index in [4.69, 9.17) is 0 Å². The van der Waals surface area contributed by atoms with Gasteiger partial charge in [0.2, 0.25) is 5.96 Å². The van der Waals surface area contributed by atoms with E-state index in [9.17, 15) is 4.79 Å². The molecule has 2 aromatic rings. The third-order valence-electron chi connectivity index (χ3n) is 5.29. The molecule has 0 saturated carbocycles. The number of hydrogen-bond donors (Lipinski definition) is 4. The second kappa shape index (κ2) is 10.4. The van der Waals surface area contributed by atoms with Crippen molar-refractivity contribution >= 4 is 28.5 Å². The Morgan fingerprint density at radius 3 is 2.67 bits per heavy atom. The maximum Gasteiger partial charge on any atom is 0.325 e. The number of hydrogen-bond acceptors (Lipinski definition) is 5. The highest BCUT2D eigenvalue weighted by Gasteiger charge is 2.25. The summed E-state index contributed by atoms with van der Waals surface area (Å²) in [7, 11) is 4.15. The van der Waals surface area contributed by atoms with Gasteiger partial charge >= 0.3 is 6.03 Å². The van der Waals surface area contributed by atoms with E-state index in [1.54, 1.807) is 0 Å². The van der Waals surface area contributed by atoms with Crippen molar-refractivity contribution in [3.63, 3.8) is 0 Å². The maximum atomic E-state index is 12.6. The summed E-state index contributed by atoms with van der Waals surface area (Å²) in [5, 5.41) is 14.9. The monoisotopic (exact) mass is 410 g/mol. The predicted molar refractivity (Wildman–Crippen MR) is 125 cm³/mol. The third kappa shape index (κ3) is 6.43. The zero-order valence-electron chi connectivity index (χ0n) is 18.4. The van der Waals surface area contributed by atoms with Crippen molar-refractivity contribution in [2.45, 2.75) is 38.9 Å². The summed E-state index contributed by atoms with van der Waals surface area (Å²) in [5.41, 5.74) is 0.751. The molecule has 4 N–H and O–H groups in total. The van der Waals surface area contributed by atoms with Gasteiger partial charge in [0.1, 0.15) is 6.17 Å². The molecule has 1 aliphatic heterocycles. The van der Waals surface area contributed by atoms with Crippen LogP contribution in [0.4, 0.5) is 10.5 Å². The van der Waals surface area contributed by atoms with Crippen molar-refractivity contribution in [3.05, 3.63) is 42.5 Å². The molecule has 2 unspecified atom stereocenters. The van der Waals surface area contributed by atoms with Crippen LogP contribution >= 0.6 is 0 Å². The van der Waals surface area contributed by atoms with Crippen LogP contribution in [0.2, 0.25) is 0 Å². The Labute approximate surface area is 179 Å². The van der Waals surface area contributed by atoms with E-state index in [0.29, 0.717) is 11.9 Å². The number of nitrogens with one attached hydrogen (secondary N) is 4. The van der Waals surface area contributed by atoms with Crippen LogP contribution in [0.15, 0.2) is 47.5 Å². The number of rotatable bonds is 7. The molecule has 1 aliphatic rings. The van der Waals surface area contributed by atoms with Crippen LogP contribution in [0.25, 0.3) is 10.8 Å². The van der Waals surface area contributed by atoms with E-state index >= 15 is 0 Å². The SMILES string of the molecule is CC(C)C1CC(NCCCN(C)C)N=C(NC(=O)Nc2ccc3ccccc3c2)N1. The molecule has 0 saturated heterocycles. The van der Waals surface area contributed by atoms with Crippen LogP contribution in [-0.2, 0) is 0 Å². The Balaban J connectivity index is 1.60. The van der Waals surface area contributed by atoms with Crippen molar-refractivity contribution in [1.29, 1.82) is 0 Å². The molecular weight excluding hydrogens is 376 g/mol. The van der Waals surface area contributed by atoms with Crippen molar-refractivity contribution < 1.29 is 4.79 Å². The Bertz CT molecular complexity index is 879. The van der Waals surface area contributed by atoms with Gasteiger partial charge in [0.25, 0.3) is 0 Å². The molecule has 30 heavy (non-hydrogen) atoms. The molecule has 2 amide bonds. The molecule has 2 aromatic carbocycles. The lowest BCUT2D eigenvalue weighted by Gasteiger charge is -2.32. The van der Waals surface area contributed by atoms with Gasteiger partial charge in [-0.1, -0.05) is 44.2 Å².